The van der Waals surface area contributed by atoms with E-state index in [4.69, 9.17) is 16.0 Å². The second kappa shape index (κ2) is 5.01. The van der Waals surface area contributed by atoms with Gasteiger partial charge in [0.25, 0.3) is 0 Å². The molecular formula is C9H12N2O5. The van der Waals surface area contributed by atoms with Crippen molar-refractivity contribution in [3.05, 3.63) is 35.0 Å². The number of carboxylic acid groups (broad SMARTS) is 1. The minimum Gasteiger partial charge on any atom is -0.595 e. The Morgan fingerprint density at radius 1 is 1.50 bits per heavy atom. The molecule has 1 rings (SSSR count). The number of aliphatic hydroxyl groups is 1. The molecule has 0 aliphatic carbocycles. The Morgan fingerprint density at radius 2 is 2.12 bits per heavy atom. The lowest BCUT2D eigenvalue weighted by Gasteiger charge is -2.17. The highest BCUT2D eigenvalue weighted by molar-refractivity contribution is 5.74. The summed E-state index contributed by atoms with van der Waals surface area (Å²) in [5, 5.41) is 36.4. The van der Waals surface area contributed by atoms with E-state index in [1.165, 1.54) is 24.3 Å². The molecule has 7 nitrogen and oxygen atoms in total. The smallest absolute Gasteiger partial charge is 0.323 e. The molecule has 16 heavy (non-hydrogen) atoms. The van der Waals surface area contributed by atoms with Crippen molar-refractivity contribution in [2.45, 2.75) is 12.1 Å². The van der Waals surface area contributed by atoms with Crippen molar-refractivity contribution in [1.29, 1.82) is 0 Å². The Balaban J connectivity index is 2.95. The fourth-order valence-corrected chi connectivity index (χ4v) is 1.20. The highest BCUT2D eigenvalue weighted by atomic mass is 16.8. The molecule has 6 N–H and O–H groups in total. The average molecular weight is 228 g/mol. The quantitative estimate of drug-likeness (QED) is 0.400. The molecule has 0 spiro atoms. The van der Waals surface area contributed by atoms with Crippen LogP contribution in [0, 0.1) is 5.21 Å². The van der Waals surface area contributed by atoms with Crippen molar-refractivity contribution < 1.29 is 25.4 Å². The van der Waals surface area contributed by atoms with Crippen molar-refractivity contribution in [3.8, 4) is 0 Å². The number of benzene rings is 1. The summed E-state index contributed by atoms with van der Waals surface area (Å²) in [5.41, 5.74) is 5.35. The molecule has 0 radical (unpaired) electrons. The number of aliphatic carboxylic acids is 1. The molecule has 0 aliphatic heterocycles. The third-order valence-corrected chi connectivity index (χ3v) is 2.10. The Morgan fingerprint density at radius 3 is 2.62 bits per heavy atom. The molecule has 0 fully saturated rings. The van der Waals surface area contributed by atoms with Gasteiger partial charge in [0.1, 0.15) is 12.1 Å². The SMILES string of the molecule is N[C@H](C(=O)O)[C@H](O)c1cccc([NH+]([O-])O)c1. The molecule has 0 bridgehead atoms. The summed E-state index contributed by atoms with van der Waals surface area (Å²) in [7, 11) is 0. The number of rotatable bonds is 4. The van der Waals surface area contributed by atoms with E-state index in [-0.39, 0.29) is 11.3 Å². The maximum absolute atomic E-state index is 10.7. The highest BCUT2D eigenvalue weighted by Crippen LogP contribution is 2.17. The Hall–Kier alpha value is -1.51. The van der Waals surface area contributed by atoms with Gasteiger partial charge in [-0.15, -0.1) is 0 Å². The summed E-state index contributed by atoms with van der Waals surface area (Å²) in [6, 6.07) is 3.88. The lowest BCUT2D eigenvalue weighted by molar-refractivity contribution is -0.991. The van der Waals surface area contributed by atoms with Crippen molar-refractivity contribution in [3.63, 3.8) is 0 Å². The minimum absolute atomic E-state index is 0.0332. The summed E-state index contributed by atoms with van der Waals surface area (Å²) in [4.78, 5) is 10.5. The fourth-order valence-electron chi connectivity index (χ4n) is 1.20. The van der Waals surface area contributed by atoms with E-state index in [0.717, 1.165) is 0 Å². The standard InChI is InChI=1S/C9H12N2O5/c10-7(9(13)14)8(12)5-2-1-3-6(4-5)11(15)16/h1-4,7-8,11-12,15H,10H2,(H,13,14)/t7-,8+/m0/s1. The first kappa shape index (κ1) is 12.6. The van der Waals surface area contributed by atoms with Crippen LogP contribution < -0.4 is 11.0 Å². The molecule has 3 atom stereocenters. The number of aliphatic hydroxyl groups excluding tert-OH is 1. The van der Waals surface area contributed by atoms with Crippen molar-refractivity contribution in [2.75, 3.05) is 0 Å². The van der Waals surface area contributed by atoms with Crippen LogP contribution in [-0.2, 0) is 4.79 Å². The van der Waals surface area contributed by atoms with Crippen LogP contribution in [0.3, 0.4) is 0 Å². The first-order valence-corrected chi connectivity index (χ1v) is 4.43. The van der Waals surface area contributed by atoms with Crippen LogP contribution in [0.25, 0.3) is 0 Å². The van der Waals surface area contributed by atoms with Gasteiger partial charge in [-0.2, -0.15) is 5.23 Å². The lowest BCUT2D eigenvalue weighted by atomic mass is 10.0. The number of quaternary nitrogens is 1. The summed E-state index contributed by atoms with van der Waals surface area (Å²) in [6.07, 6.45) is -1.43. The largest absolute Gasteiger partial charge is 0.595 e. The average Bonchev–Trinajstić information content (AvgIpc) is 2.27. The molecule has 1 aromatic carbocycles. The van der Waals surface area contributed by atoms with E-state index in [1.54, 1.807) is 0 Å². The minimum atomic E-state index is -1.48. The van der Waals surface area contributed by atoms with Gasteiger partial charge >= 0.3 is 5.97 Å². The number of nitrogens with two attached hydrogens (primary N) is 1. The first-order valence-electron chi connectivity index (χ1n) is 4.43. The van der Waals surface area contributed by atoms with Gasteiger partial charge in [0, 0.05) is 12.1 Å². The third-order valence-electron chi connectivity index (χ3n) is 2.10. The molecule has 0 saturated carbocycles. The number of hydrogen-bond donors (Lipinski definition) is 5. The molecule has 0 aromatic heterocycles. The Kier molecular flexibility index (Phi) is 3.93. The predicted molar refractivity (Wildman–Crippen MR) is 52.8 cm³/mol. The maximum atomic E-state index is 10.7. The summed E-state index contributed by atoms with van der Waals surface area (Å²) >= 11 is 0. The van der Waals surface area contributed by atoms with Gasteiger partial charge in [0.15, 0.2) is 5.69 Å². The Bertz CT molecular complexity index is 382. The number of carbonyl (C=O) groups is 1. The molecular weight excluding hydrogens is 216 g/mol. The third kappa shape index (κ3) is 2.75. The Labute approximate surface area is 90.9 Å². The topological polar surface area (TPSA) is 131 Å². The van der Waals surface area contributed by atoms with E-state index in [2.05, 4.69) is 0 Å². The van der Waals surface area contributed by atoms with Gasteiger partial charge in [-0.3, -0.25) is 4.79 Å². The number of hydrogen-bond acceptors (Lipinski definition) is 5. The van der Waals surface area contributed by atoms with Gasteiger partial charge < -0.3 is 21.2 Å². The second-order valence-electron chi connectivity index (χ2n) is 3.24. The van der Waals surface area contributed by atoms with Gasteiger partial charge in [-0.1, -0.05) is 12.1 Å². The molecule has 1 aromatic rings. The van der Waals surface area contributed by atoms with Crippen LogP contribution in [0.15, 0.2) is 24.3 Å². The van der Waals surface area contributed by atoms with Crippen molar-refractivity contribution in [2.24, 2.45) is 5.73 Å². The van der Waals surface area contributed by atoms with E-state index < -0.39 is 23.3 Å². The zero-order chi connectivity index (χ0) is 12.3. The number of carboxylic acids is 1. The monoisotopic (exact) mass is 228 g/mol. The van der Waals surface area contributed by atoms with Gasteiger partial charge in [-0.25, -0.2) is 5.21 Å². The van der Waals surface area contributed by atoms with Gasteiger partial charge in [0.05, 0.1) is 0 Å². The fraction of sp³-hybridized carbons (Fsp3) is 0.222. The molecule has 0 saturated heterocycles. The molecule has 7 heteroatoms. The molecule has 1 unspecified atom stereocenters. The second-order valence-corrected chi connectivity index (χ2v) is 3.24. The number of nitrogens with one attached hydrogen (secondary N) is 1. The van der Waals surface area contributed by atoms with E-state index in [0.29, 0.717) is 0 Å². The molecule has 0 amide bonds. The summed E-state index contributed by atoms with van der Waals surface area (Å²) in [6.45, 7) is 0. The van der Waals surface area contributed by atoms with Gasteiger partial charge in [-0.05, 0) is 5.56 Å². The zero-order valence-electron chi connectivity index (χ0n) is 8.20. The van der Waals surface area contributed by atoms with Crippen LogP contribution in [0.2, 0.25) is 0 Å². The molecule has 0 aliphatic rings. The van der Waals surface area contributed by atoms with Crippen LogP contribution in [0.1, 0.15) is 11.7 Å². The maximum Gasteiger partial charge on any atom is 0.323 e. The molecule has 0 heterocycles. The zero-order valence-corrected chi connectivity index (χ0v) is 8.20. The van der Waals surface area contributed by atoms with Crippen LogP contribution in [0.4, 0.5) is 5.69 Å². The van der Waals surface area contributed by atoms with Crippen LogP contribution in [0.5, 0.6) is 0 Å². The normalized spacial score (nSPS) is 16.5. The summed E-state index contributed by atoms with van der Waals surface area (Å²) in [5.74, 6) is -1.35. The molecule has 88 valence electrons. The van der Waals surface area contributed by atoms with Gasteiger partial charge in [0.2, 0.25) is 0 Å². The van der Waals surface area contributed by atoms with Crippen molar-refractivity contribution >= 4 is 11.7 Å². The van der Waals surface area contributed by atoms with E-state index >= 15 is 0 Å². The lowest BCUT2D eigenvalue weighted by Crippen LogP contribution is -2.99. The van der Waals surface area contributed by atoms with E-state index in [9.17, 15) is 15.1 Å². The van der Waals surface area contributed by atoms with Crippen LogP contribution >= 0.6 is 0 Å². The van der Waals surface area contributed by atoms with Crippen LogP contribution in [-0.4, -0.2) is 27.4 Å². The first-order chi connectivity index (χ1) is 7.43. The predicted octanol–water partition coefficient (Wildman–Crippen LogP) is -1.46. The summed E-state index contributed by atoms with van der Waals surface area (Å²) < 4.78 is 0. The van der Waals surface area contributed by atoms with E-state index in [1.807, 2.05) is 0 Å². The van der Waals surface area contributed by atoms with Crippen molar-refractivity contribution in [1.82, 2.24) is 0 Å². The highest BCUT2D eigenvalue weighted by Gasteiger charge is 2.24.